The van der Waals surface area contributed by atoms with Gasteiger partial charge in [-0.3, -0.25) is 14.4 Å². The molecule has 3 amide bonds. The van der Waals surface area contributed by atoms with Crippen LogP contribution < -0.4 is 24.8 Å². The van der Waals surface area contributed by atoms with Gasteiger partial charge in [-0.05, 0) is 48.1 Å². The first-order valence-electron chi connectivity index (χ1n) is 13.3. The number of benzene rings is 2. The van der Waals surface area contributed by atoms with Gasteiger partial charge in [0.2, 0.25) is 11.8 Å². The SMILES string of the molecule is COc1ccccc1CN(C(=O)CNC(=O)c1cccs1)[C@H](C(=O)NC[C@H]1CCCO1)c1ccc(OC)c(OC)c1. The van der Waals surface area contributed by atoms with Gasteiger partial charge in [0.25, 0.3) is 5.91 Å². The fraction of sp³-hybridized carbons (Fsp3) is 0.367. The molecule has 1 fully saturated rings. The molecule has 10 nitrogen and oxygen atoms in total. The van der Waals surface area contributed by atoms with Crippen molar-refractivity contribution in [3.8, 4) is 17.2 Å². The van der Waals surface area contributed by atoms with E-state index in [0.29, 0.717) is 46.4 Å². The Balaban J connectivity index is 1.70. The Bertz CT molecular complexity index is 1330. The lowest BCUT2D eigenvalue weighted by molar-refractivity contribution is -0.141. The van der Waals surface area contributed by atoms with Crippen LogP contribution in [0.5, 0.6) is 17.2 Å². The monoisotopic (exact) mass is 581 g/mol. The topological polar surface area (TPSA) is 115 Å². The number of thiophene rings is 1. The molecule has 0 aliphatic carbocycles. The molecule has 41 heavy (non-hydrogen) atoms. The molecule has 2 heterocycles. The molecule has 3 aromatic rings. The van der Waals surface area contributed by atoms with E-state index in [-0.39, 0.29) is 31.0 Å². The summed E-state index contributed by atoms with van der Waals surface area (Å²) in [6.45, 7) is 0.704. The zero-order valence-corrected chi connectivity index (χ0v) is 24.2. The van der Waals surface area contributed by atoms with Gasteiger partial charge in [-0.15, -0.1) is 11.3 Å². The number of amides is 3. The van der Waals surface area contributed by atoms with Crippen LogP contribution in [-0.4, -0.2) is 69.8 Å². The van der Waals surface area contributed by atoms with Gasteiger partial charge in [0.1, 0.15) is 11.8 Å². The van der Waals surface area contributed by atoms with Gasteiger partial charge in [-0.25, -0.2) is 0 Å². The highest BCUT2D eigenvalue weighted by Gasteiger charge is 2.33. The molecule has 1 aromatic heterocycles. The fourth-order valence-corrected chi connectivity index (χ4v) is 5.35. The molecule has 4 rings (SSSR count). The average Bonchev–Trinajstić information content (AvgIpc) is 3.73. The summed E-state index contributed by atoms with van der Waals surface area (Å²) < 4.78 is 22.1. The van der Waals surface area contributed by atoms with E-state index in [4.69, 9.17) is 18.9 Å². The summed E-state index contributed by atoms with van der Waals surface area (Å²) in [6.07, 6.45) is 1.69. The van der Waals surface area contributed by atoms with Crippen LogP contribution in [0.3, 0.4) is 0 Å². The van der Waals surface area contributed by atoms with Crippen molar-refractivity contribution in [2.75, 3.05) is 41.0 Å². The number of hydrogen-bond donors (Lipinski definition) is 2. The van der Waals surface area contributed by atoms with Crippen molar-refractivity contribution in [2.24, 2.45) is 0 Å². The molecule has 1 saturated heterocycles. The van der Waals surface area contributed by atoms with Crippen LogP contribution in [0, 0.1) is 0 Å². The van der Waals surface area contributed by atoms with Gasteiger partial charge in [0, 0.05) is 18.7 Å². The van der Waals surface area contributed by atoms with E-state index in [1.807, 2.05) is 18.2 Å². The number of ether oxygens (including phenoxy) is 4. The average molecular weight is 582 g/mol. The molecular formula is C30H35N3O7S. The standard InChI is InChI=1S/C30H35N3O7S/c1-37-23-10-5-4-8-21(23)19-33(27(34)18-32-29(35)26-11-7-15-41-26)28(30(36)31-17-22-9-6-14-40-22)20-12-13-24(38-2)25(16-20)39-3/h4-5,7-8,10-13,15-16,22,28H,6,9,14,17-19H2,1-3H3,(H,31,36)(H,32,35)/t22-,28+/m1/s1. The normalized spacial score (nSPS) is 15.0. The number of hydrogen-bond acceptors (Lipinski definition) is 8. The Labute approximate surface area is 243 Å². The maximum Gasteiger partial charge on any atom is 0.261 e. The Kier molecular flexibility index (Phi) is 10.6. The maximum atomic E-state index is 13.9. The number of nitrogens with one attached hydrogen (secondary N) is 2. The predicted molar refractivity (Wildman–Crippen MR) is 154 cm³/mol. The van der Waals surface area contributed by atoms with Crippen LogP contribution in [0.1, 0.15) is 39.7 Å². The van der Waals surface area contributed by atoms with Crippen LogP contribution in [0.2, 0.25) is 0 Å². The summed E-state index contributed by atoms with van der Waals surface area (Å²) in [5, 5.41) is 7.46. The van der Waals surface area contributed by atoms with Gasteiger partial charge in [0.05, 0.1) is 45.4 Å². The molecule has 2 atom stereocenters. The van der Waals surface area contributed by atoms with Crippen molar-refractivity contribution in [1.82, 2.24) is 15.5 Å². The minimum atomic E-state index is -1.06. The lowest BCUT2D eigenvalue weighted by atomic mass is 10.0. The van der Waals surface area contributed by atoms with Gasteiger partial charge in [0.15, 0.2) is 11.5 Å². The summed E-state index contributed by atoms with van der Waals surface area (Å²) in [7, 11) is 4.58. The molecule has 0 spiro atoms. The molecule has 0 radical (unpaired) electrons. The summed E-state index contributed by atoms with van der Waals surface area (Å²) >= 11 is 1.28. The number of carbonyl (C=O) groups is 3. The molecule has 0 bridgehead atoms. The van der Waals surface area contributed by atoms with Gasteiger partial charge in [-0.2, -0.15) is 0 Å². The quantitative estimate of drug-likeness (QED) is 0.317. The number of para-hydroxylation sites is 1. The van der Waals surface area contributed by atoms with Gasteiger partial charge < -0.3 is 34.5 Å². The van der Waals surface area contributed by atoms with E-state index >= 15 is 0 Å². The minimum Gasteiger partial charge on any atom is -0.496 e. The lowest BCUT2D eigenvalue weighted by Crippen LogP contribution is -2.48. The Morgan fingerprint density at radius 3 is 2.44 bits per heavy atom. The van der Waals surface area contributed by atoms with E-state index in [0.717, 1.165) is 12.8 Å². The third-order valence-electron chi connectivity index (χ3n) is 6.81. The van der Waals surface area contributed by atoms with Crippen LogP contribution in [0.25, 0.3) is 0 Å². The van der Waals surface area contributed by atoms with Gasteiger partial charge >= 0.3 is 0 Å². The largest absolute Gasteiger partial charge is 0.496 e. The maximum absolute atomic E-state index is 13.9. The highest BCUT2D eigenvalue weighted by atomic mass is 32.1. The molecule has 2 aromatic carbocycles. The van der Waals surface area contributed by atoms with Crippen LogP contribution in [0.15, 0.2) is 60.0 Å². The zero-order valence-electron chi connectivity index (χ0n) is 23.4. The molecule has 0 saturated carbocycles. The van der Waals surface area contributed by atoms with Crippen molar-refractivity contribution in [3.05, 3.63) is 76.0 Å². The minimum absolute atomic E-state index is 0.0457. The molecule has 2 N–H and O–H groups in total. The zero-order chi connectivity index (χ0) is 29.2. The third-order valence-corrected chi connectivity index (χ3v) is 7.68. The van der Waals surface area contributed by atoms with Crippen molar-refractivity contribution >= 4 is 29.1 Å². The molecule has 1 aliphatic rings. The second-order valence-corrected chi connectivity index (χ2v) is 10.3. The van der Waals surface area contributed by atoms with E-state index < -0.39 is 11.9 Å². The smallest absolute Gasteiger partial charge is 0.261 e. The fourth-order valence-electron chi connectivity index (χ4n) is 4.71. The highest BCUT2D eigenvalue weighted by Crippen LogP contribution is 2.34. The van der Waals surface area contributed by atoms with Crippen LogP contribution in [0.4, 0.5) is 0 Å². The number of methoxy groups -OCH3 is 3. The molecule has 11 heteroatoms. The second kappa shape index (κ2) is 14.5. The van der Waals surface area contributed by atoms with Crippen LogP contribution >= 0.6 is 11.3 Å². The van der Waals surface area contributed by atoms with Gasteiger partial charge in [-0.1, -0.05) is 30.3 Å². The van der Waals surface area contributed by atoms with E-state index in [1.54, 1.807) is 48.9 Å². The number of carbonyl (C=O) groups excluding carboxylic acids is 3. The summed E-state index contributed by atoms with van der Waals surface area (Å²) in [5.41, 5.74) is 1.21. The van der Waals surface area contributed by atoms with Crippen molar-refractivity contribution < 1.29 is 33.3 Å². The molecule has 0 unspecified atom stereocenters. The Hall–Kier alpha value is -4.09. The first-order chi connectivity index (χ1) is 19.9. The van der Waals surface area contributed by atoms with Crippen molar-refractivity contribution in [1.29, 1.82) is 0 Å². The van der Waals surface area contributed by atoms with E-state index in [1.165, 1.54) is 30.5 Å². The second-order valence-electron chi connectivity index (χ2n) is 9.39. The number of rotatable bonds is 13. The van der Waals surface area contributed by atoms with Crippen LogP contribution in [-0.2, 0) is 20.9 Å². The highest BCUT2D eigenvalue weighted by molar-refractivity contribution is 7.12. The molecular weight excluding hydrogens is 546 g/mol. The molecule has 1 aliphatic heterocycles. The summed E-state index contributed by atoms with van der Waals surface area (Å²) in [4.78, 5) is 42.4. The first kappa shape index (κ1) is 29.9. The first-order valence-corrected chi connectivity index (χ1v) is 14.2. The lowest BCUT2D eigenvalue weighted by Gasteiger charge is -2.32. The Morgan fingerprint density at radius 2 is 1.76 bits per heavy atom. The molecule has 218 valence electrons. The van der Waals surface area contributed by atoms with Crippen molar-refractivity contribution in [2.45, 2.75) is 31.5 Å². The number of nitrogens with zero attached hydrogens (tertiary/aromatic N) is 1. The summed E-state index contributed by atoms with van der Waals surface area (Å²) in [6, 6.07) is 14.8. The van der Waals surface area contributed by atoms with E-state index in [2.05, 4.69) is 10.6 Å². The van der Waals surface area contributed by atoms with Crippen molar-refractivity contribution in [3.63, 3.8) is 0 Å². The third kappa shape index (κ3) is 7.56. The summed E-state index contributed by atoms with van der Waals surface area (Å²) in [5.74, 6) is 0.265. The Morgan fingerprint density at radius 1 is 0.976 bits per heavy atom. The van der Waals surface area contributed by atoms with E-state index in [9.17, 15) is 14.4 Å². The predicted octanol–water partition coefficient (Wildman–Crippen LogP) is 3.57.